The molecule has 0 aromatic rings. The summed E-state index contributed by atoms with van der Waals surface area (Å²) >= 11 is 4.29. The van der Waals surface area contributed by atoms with Crippen LogP contribution < -0.4 is 16.0 Å². The summed E-state index contributed by atoms with van der Waals surface area (Å²) in [6, 6.07) is 0. The molecular formula is C19H38N3O8PS. The van der Waals surface area contributed by atoms with E-state index in [0.29, 0.717) is 6.42 Å². The summed E-state index contributed by atoms with van der Waals surface area (Å²) in [4.78, 5) is 53.2. The van der Waals surface area contributed by atoms with E-state index >= 15 is 0 Å². The Hall–Kier alpha value is -1.17. The first kappa shape index (κ1) is 30.8. The summed E-state index contributed by atoms with van der Waals surface area (Å²) in [6.45, 7) is 4.85. The molecule has 0 aliphatic rings. The minimum Gasteiger partial charge on any atom is -0.383 e. The molecule has 0 heterocycles. The zero-order valence-electron chi connectivity index (χ0n) is 19.0. The normalized spacial score (nSPS) is 13.8. The summed E-state index contributed by atoms with van der Waals surface area (Å²) in [6.07, 6.45) is 3.34. The number of phosphoric ester groups is 1. The number of unbranched alkanes of at least 4 members (excludes halogenated alkanes) is 3. The van der Waals surface area contributed by atoms with E-state index in [1.807, 2.05) is 0 Å². The molecule has 3 amide bonds. The first-order chi connectivity index (χ1) is 14.8. The number of thiol groups is 1. The largest absolute Gasteiger partial charge is 0.469 e. The van der Waals surface area contributed by atoms with Crippen molar-refractivity contribution >= 4 is 38.2 Å². The van der Waals surface area contributed by atoms with Gasteiger partial charge in [0.25, 0.3) is 0 Å². The van der Waals surface area contributed by atoms with Crippen molar-refractivity contribution in [1.29, 1.82) is 0 Å². The maximum atomic E-state index is 12.0. The predicted octanol–water partition coefficient (Wildman–Crippen LogP) is 0.490. The summed E-state index contributed by atoms with van der Waals surface area (Å²) in [5.41, 5.74) is -1.26. The Kier molecular flexibility index (Phi) is 15.1. The Morgan fingerprint density at radius 1 is 1.00 bits per heavy atom. The molecule has 0 aliphatic carbocycles. The molecule has 0 saturated heterocycles. The maximum absolute atomic E-state index is 12.0. The van der Waals surface area contributed by atoms with E-state index in [1.54, 1.807) is 0 Å². The van der Waals surface area contributed by atoms with Crippen LogP contribution in [-0.4, -0.2) is 70.2 Å². The summed E-state index contributed by atoms with van der Waals surface area (Å²) in [5, 5.41) is 17.4. The maximum Gasteiger partial charge on any atom is 0.469 e. The zero-order valence-corrected chi connectivity index (χ0v) is 20.8. The number of hydrogen-bond donors (Lipinski definition) is 7. The van der Waals surface area contributed by atoms with Crippen molar-refractivity contribution in [2.75, 3.05) is 26.2 Å². The third-order valence-electron chi connectivity index (χ3n) is 4.62. The van der Waals surface area contributed by atoms with Crippen molar-refractivity contribution in [3.8, 4) is 0 Å². The quantitative estimate of drug-likeness (QED) is 0.0860. The fourth-order valence-electron chi connectivity index (χ4n) is 2.57. The van der Waals surface area contributed by atoms with Crippen molar-refractivity contribution in [3.05, 3.63) is 0 Å². The lowest BCUT2D eigenvalue weighted by Gasteiger charge is -2.29. The number of aliphatic hydroxyl groups excluding tert-OH is 1. The highest BCUT2D eigenvalue weighted by Crippen LogP contribution is 2.38. The molecule has 0 aromatic heterocycles. The first-order valence-electron chi connectivity index (χ1n) is 10.7. The summed E-state index contributed by atoms with van der Waals surface area (Å²) in [7, 11) is -4.73. The Morgan fingerprint density at radius 2 is 1.59 bits per heavy atom. The van der Waals surface area contributed by atoms with Gasteiger partial charge in [0.05, 0.1) is 11.9 Å². The van der Waals surface area contributed by atoms with Crippen molar-refractivity contribution in [3.63, 3.8) is 0 Å². The monoisotopic (exact) mass is 499 g/mol. The van der Waals surface area contributed by atoms with E-state index < -0.39 is 31.9 Å². The standard InChI is InChI=1S/C19H38N3O8PS/c1-4-5-6-7-8-14(32)17(25)22-12-11-20-15(23)9-10-21-18(26)16(24)19(2,3)13-30-31(27,28)29/h14,16,24,32H,4-13H2,1-3H3,(H,20,23)(H,21,26)(H,22,25)(H2,27,28,29)/t14-,16-/m0/s1. The number of carbonyl (C=O) groups excluding carboxylic acids is 3. The van der Waals surface area contributed by atoms with Gasteiger partial charge in [0.15, 0.2) is 0 Å². The smallest absolute Gasteiger partial charge is 0.383 e. The van der Waals surface area contributed by atoms with Gasteiger partial charge >= 0.3 is 7.82 Å². The van der Waals surface area contributed by atoms with Gasteiger partial charge in [0, 0.05) is 31.5 Å². The van der Waals surface area contributed by atoms with Gasteiger partial charge in [0.1, 0.15) is 6.10 Å². The van der Waals surface area contributed by atoms with Crippen molar-refractivity contribution < 1.29 is 38.4 Å². The highest BCUT2D eigenvalue weighted by Gasteiger charge is 2.35. The molecule has 6 N–H and O–H groups in total. The van der Waals surface area contributed by atoms with Gasteiger partial charge in [-0.15, -0.1) is 0 Å². The van der Waals surface area contributed by atoms with Crippen LogP contribution in [0.5, 0.6) is 0 Å². The number of amides is 3. The predicted molar refractivity (Wildman–Crippen MR) is 123 cm³/mol. The molecule has 0 unspecified atom stereocenters. The second kappa shape index (κ2) is 15.6. The van der Waals surface area contributed by atoms with Crippen LogP contribution in [0.3, 0.4) is 0 Å². The molecule has 0 aromatic carbocycles. The molecular weight excluding hydrogens is 461 g/mol. The lowest BCUT2D eigenvalue weighted by atomic mass is 9.87. The van der Waals surface area contributed by atoms with Crippen LogP contribution in [0.4, 0.5) is 0 Å². The van der Waals surface area contributed by atoms with Crippen LogP contribution in [-0.2, 0) is 23.5 Å². The number of carbonyl (C=O) groups is 3. The minimum absolute atomic E-state index is 0.0417. The van der Waals surface area contributed by atoms with Crippen molar-refractivity contribution in [2.24, 2.45) is 5.41 Å². The average molecular weight is 500 g/mol. The fraction of sp³-hybridized carbons (Fsp3) is 0.842. The Balaban J connectivity index is 4.04. The molecule has 0 bridgehead atoms. The van der Waals surface area contributed by atoms with E-state index in [0.717, 1.165) is 25.7 Å². The average Bonchev–Trinajstić information content (AvgIpc) is 2.71. The van der Waals surface area contributed by atoms with E-state index in [9.17, 15) is 24.1 Å². The molecule has 0 fully saturated rings. The van der Waals surface area contributed by atoms with Crippen LogP contribution in [0.15, 0.2) is 0 Å². The van der Waals surface area contributed by atoms with E-state index in [-0.39, 0.29) is 43.1 Å². The van der Waals surface area contributed by atoms with Crippen molar-refractivity contribution in [1.82, 2.24) is 16.0 Å². The van der Waals surface area contributed by atoms with Gasteiger partial charge in [-0.3, -0.25) is 18.9 Å². The molecule has 11 nitrogen and oxygen atoms in total. The number of nitrogens with one attached hydrogen (secondary N) is 3. The van der Waals surface area contributed by atoms with Crippen molar-refractivity contribution in [2.45, 2.75) is 70.7 Å². The molecule has 188 valence electrons. The third-order valence-corrected chi connectivity index (χ3v) is 5.58. The Bertz CT molecular complexity index is 644. The van der Waals surface area contributed by atoms with Gasteiger partial charge in [-0.2, -0.15) is 12.6 Å². The zero-order chi connectivity index (χ0) is 24.8. The molecule has 32 heavy (non-hydrogen) atoms. The topological polar surface area (TPSA) is 174 Å². The second-order valence-electron chi connectivity index (χ2n) is 8.20. The molecule has 0 rings (SSSR count). The molecule has 0 spiro atoms. The molecule has 13 heteroatoms. The Labute approximate surface area is 195 Å². The van der Waals surface area contributed by atoms with Gasteiger partial charge in [-0.1, -0.05) is 46.5 Å². The SMILES string of the molecule is CCCCCC[C@H](S)C(=O)NCCNC(=O)CCNC(=O)[C@H](O)C(C)(C)COP(=O)(O)O. The number of rotatable bonds is 17. The van der Waals surface area contributed by atoms with Crippen LogP contribution in [0, 0.1) is 5.41 Å². The van der Waals surface area contributed by atoms with Gasteiger partial charge in [-0.05, 0) is 6.42 Å². The van der Waals surface area contributed by atoms with Gasteiger partial charge in [-0.25, -0.2) is 4.57 Å². The van der Waals surface area contributed by atoms with E-state index in [1.165, 1.54) is 13.8 Å². The first-order valence-corrected chi connectivity index (χ1v) is 12.7. The number of aliphatic hydroxyl groups is 1. The number of phosphoric acid groups is 1. The van der Waals surface area contributed by atoms with Gasteiger partial charge < -0.3 is 30.8 Å². The van der Waals surface area contributed by atoms with E-state index in [2.05, 4.69) is 40.0 Å². The third kappa shape index (κ3) is 14.8. The highest BCUT2D eigenvalue weighted by atomic mass is 32.1. The minimum atomic E-state index is -4.73. The van der Waals surface area contributed by atoms with Crippen LogP contribution in [0.25, 0.3) is 0 Å². The van der Waals surface area contributed by atoms with Crippen LogP contribution in [0.2, 0.25) is 0 Å². The van der Waals surface area contributed by atoms with Crippen LogP contribution in [0.1, 0.15) is 59.3 Å². The lowest BCUT2D eigenvalue weighted by molar-refractivity contribution is -0.137. The van der Waals surface area contributed by atoms with Gasteiger partial charge in [0.2, 0.25) is 17.7 Å². The molecule has 0 radical (unpaired) electrons. The fourth-order valence-corrected chi connectivity index (χ4v) is 3.34. The molecule has 0 saturated carbocycles. The second-order valence-corrected chi connectivity index (χ2v) is 10.1. The summed E-state index contributed by atoms with van der Waals surface area (Å²) in [5.74, 6) is -1.31. The highest BCUT2D eigenvalue weighted by molar-refractivity contribution is 7.81. The molecule has 0 aliphatic heterocycles. The lowest BCUT2D eigenvalue weighted by Crippen LogP contribution is -2.46. The molecule has 2 atom stereocenters. The van der Waals surface area contributed by atoms with E-state index in [4.69, 9.17) is 9.79 Å². The number of hydrogen-bond acceptors (Lipinski definition) is 7. The van der Waals surface area contributed by atoms with Crippen LogP contribution >= 0.6 is 20.5 Å². The Morgan fingerprint density at radius 3 is 2.19 bits per heavy atom. The summed E-state index contributed by atoms with van der Waals surface area (Å²) < 4.78 is 15.1.